The number of rotatable bonds is 8. The van der Waals surface area contributed by atoms with Gasteiger partial charge in [0.25, 0.3) is 0 Å². The van der Waals surface area contributed by atoms with E-state index in [0.29, 0.717) is 32.4 Å². The Hall–Kier alpha value is -2.63. The van der Waals surface area contributed by atoms with E-state index in [9.17, 15) is 14.4 Å². The van der Waals surface area contributed by atoms with Gasteiger partial charge >= 0.3 is 0 Å². The minimum Gasteiger partial charge on any atom is -0.373 e. The summed E-state index contributed by atoms with van der Waals surface area (Å²) in [5, 5.41) is 2.95. The van der Waals surface area contributed by atoms with E-state index in [-0.39, 0.29) is 35.5 Å². The maximum Gasteiger partial charge on any atom is 0.243 e. The first-order chi connectivity index (χ1) is 13.9. The number of fused-ring (bicyclic) bond motifs is 1. The average Bonchev–Trinajstić information content (AvgIpc) is 2.97. The van der Waals surface area contributed by atoms with Gasteiger partial charge in [-0.3, -0.25) is 19.3 Å². The highest BCUT2D eigenvalue weighted by Gasteiger charge is 2.51. The lowest BCUT2D eigenvalue weighted by Crippen LogP contribution is -2.51. The predicted octanol–water partition coefficient (Wildman–Crippen LogP) is 2.60. The second-order valence-corrected chi connectivity index (χ2v) is 8.40. The van der Waals surface area contributed by atoms with Crippen LogP contribution in [0.15, 0.2) is 42.5 Å². The summed E-state index contributed by atoms with van der Waals surface area (Å²) in [6.07, 6.45) is 5.58. The first-order valence-electron chi connectivity index (χ1n) is 10.5. The molecule has 0 spiro atoms. The summed E-state index contributed by atoms with van der Waals surface area (Å²) in [5.74, 6) is -1.04. The Morgan fingerprint density at radius 3 is 2.24 bits per heavy atom. The van der Waals surface area contributed by atoms with Gasteiger partial charge in [-0.2, -0.15) is 0 Å². The Labute approximate surface area is 172 Å². The molecule has 1 N–H and O–H groups in total. The lowest BCUT2D eigenvalue weighted by Gasteiger charge is -2.28. The van der Waals surface area contributed by atoms with Crippen LogP contribution in [0.25, 0.3) is 0 Å². The summed E-state index contributed by atoms with van der Waals surface area (Å²) in [6.45, 7) is 5.09. The van der Waals surface area contributed by atoms with E-state index >= 15 is 0 Å². The third kappa shape index (κ3) is 4.69. The SMILES string of the molecule is CC(C)CC(C(=O)NCCN(C)c1ccccc1)N1C(=O)C2CC=CCC2C1=O. The molecule has 1 aromatic carbocycles. The molecule has 1 aliphatic heterocycles. The first kappa shape index (κ1) is 21.1. The Kier molecular flexibility index (Phi) is 6.72. The number of amides is 3. The minimum atomic E-state index is -0.734. The van der Waals surface area contributed by atoms with Crippen LogP contribution in [-0.2, 0) is 14.4 Å². The van der Waals surface area contributed by atoms with Gasteiger partial charge in [0.1, 0.15) is 6.04 Å². The molecule has 3 rings (SSSR count). The number of hydrogen-bond acceptors (Lipinski definition) is 4. The fourth-order valence-electron chi connectivity index (χ4n) is 4.19. The van der Waals surface area contributed by atoms with Crippen molar-refractivity contribution in [2.24, 2.45) is 17.8 Å². The van der Waals surface area contributed by atoms with Crippen molar-refractivity contribution in [3.05, 3.63) is 42.5 Å². The van der Waals surface area contributed by atoms with Gasteiger partial charge in [0.2, 0.25) is 17.7 Å². The number of carbonyl (C=O) groups excluding carboxylic acids is 3. The number of allylic oxidation sites excluding steroid dienone is 2. The molecule has 6 nitrogen and oxygen atoms in total. The molecule has 0 saturated carbocycles. The van der Waals surface area contributed by atoms with Crippen LogP contribution >= 0.6 is 0 Å². The molecule has 1 aromatic rings. The van der Waals surface area contributed by atoms with Gasteiger partial charge < -0.3 is 10.2 Å². The normalized spacial score (nSPS) is 22.0. The summed E-state index contributed by atoms with van der Waals surface area (Å²) in [5.41, 5.74) is 1.07. The van der Waals surface area contributed by atoms with Crippen molar-refractivity contribution in [3.63, 3.8) is 0 Å². The van der Waals surface area contributed by atoms with Crippen molar-refractivity contribution < 1.29 is 14.4 Å². The van der Waals surface area contributed by atoms with Crippen LogP contribution in [0.4, 0.5) is 5.69 Å². The van der Waals surface area contributed by atoms with Gasteiger partial charge in [-0.25, -0.2) is 0 Å². The lowest BCUT2D eigenvalue weighted by atomic mass is 9.85. The highest BCUT2D eigenvalue weighted by Crippen LogP contribution is 2.37. The van der Waals surface area contributed by atoms with E-state index in [2.05, 4.69) is 10.2 Å². The number of para-hydroxylation sites is 1. The number of benzene rings is 1. The fraction of sp³-hybridized carbons (Fsp3) is 0.522. The van der Waals surface area contributed by atoms with Crippen LogP contribution < -0.4 is 10.2 Å². The summed E-state index contributed by atoms with van der Waals surface area (Å²) in [7, 11) is 1.97. The molecular weight excluding hydrogens is 366 g/mol. The van der Waals surface area contributed by atoms with Crippen molar-refractivity contribution in [3.8, 4) is 0 Å². The number of nitrogens with zero attached hydrogens (tertiary/aromatic N) is 2. The quantitative estimate of drug-likeness (QED) is 0.541. The van der Waals surface area contributed by atoms with E-state index < -0.39 is 6.04 Å². The molecule has 0 aromatic heterocycles. The van der Waals surface area contributed by atoms with E-state index in [1.807, 2.05) is 63.4 Å². The largest absolute Gasteiger partial charge is 0.373 e. The number of likely N-dealkylation sites (N-methyl/N-ethyl adjacent to an activating group) is 1. The second-order valence-electron chi connectivity index (χ2n) is 8.40. The van der Waals surface area contributed by atoms with Crippen molar-refractivity contribution >= 4 is 23.4 Å². The van der Waals surface area contributed by atoms with E-state index in [1.165, 1.54) is 4.90 Å². The van der Waals surface area contributed by atoms with Crippen LogP contribution in [0.3, 0.4) is 0 Å². The molecule has 1 fully saturated rings. The summed E-state index contributed by atoms with van der Waals surface area (Å²) in [4.78, 5) is 42.2. The van der Waals surface area contributed by atoms with Gasteiger partial charge in [0, 0.05) is 25.8 Å². The molecule has 0 bridgehead atoms. The van der Waals surface area contributed by atoms with E-state index in [0.717, 1.165) is 5.69 Å². The number of anilines is 1. The second kappa shape index (κ2) is 9.25. The van der Waals surface area contributed by atoms with E-state index in [4.69, 9.17) is 0 Å². The number of imide groups is 1. The molecule has 29 heavy (non-hydrogen) atoms. The van der Waals surface area contributed by atoms with Gasteiger partial charge in [0.05, 0.1) is 11.8 Å². The maximum atomic E-state index is 13.0. The molecule has 3 unspecified atom stereocenters. The summed E-state index contributed by atoms with van der Waals surface area (Å²) < 4.78 is 0. The summed E-state index contributed by atoms with van der Waals surface area (Å²) >= 11 is 0. The van der Waals surface area contributed by atoms with Crippen LogP contribution in [0.5, 0.6) is 0 Å². The lowest BCUT2D eigenvalue weighted by molar-refractivity contribution is -0.148. The molecule has 1 heterocycles. The Balaban J connectivity index is 1.64. The standard InChI is InChI=1S/C23H31N3O3/c1-16(2)15-20(26-22(28)18-11-7-8-12-19(18)23(26)29)21(27)24-13-14-25(3)17-9-5-4-6-10-17/h4-10,16,18-20H,11-15H2,1-3H3,(H,24,27). The highest BCUT2D eigenvalue weighted by molar-refractivity contribution is 6.08. The molecule has 3 amide bonds. The zero-order valence-corrected chi connectivity index (χ0v) is 17.5. The van der Waals surface area contributed by atoms with Crippen molar-refractivity contribution in [2.45, 2.75) is 39.2 Å². The third-order valence-corrected chi connectivity index (χ3v) is 5.79. The summed E-state index contributed by atoms with van der Waals surface area (Å²) in [6, 6.07) is 9.21. The van der Waals surface area contributed by atoms with Crippen LogP contribution in [0.2, 0.25) is 0 Å². The average molecular weight is 398 g/mol. The first-order valence-corrected chi connectivity index (χ1v) is 10.5. The van der Waals surface area contributed by atoms with Crippen LogP contribution in [-0.4, -0.2) is 48.8 Å². The number of hydrogen-bond donors (Lipinski definition) is 1. The topological polar surface area (TPSA) is 69.7 Å². The molecule has 6 heteroatoms. The smallest absolute Gasteiger partial charge is 0.243 e. The predicted molar refractivity (Wildman–Crippen MR) is 113 cm³/mol. The van der Waals surface area contributed by atoms with Crippen LogP contribution in [0.1, 0.15) is 33.1 Å². The van der Waals surface area contributed by atoms with Crippen molar-refractivity contribution in [2.75, 3.05) is 25.0 Å². The maximum absolute atomic E-state index is 13.0. The number of likely N-dealkylation sites (tertiary alicyclic amines) is 1. The zero-order valence-electron chi connectivity index (χ0n) is 17.5. The van der Waals surface area contributed by atoms with Crippen molar-refractivity contribution in [1.29, 1.82) is 0 Å². The minimum absolute atomic E-state index is 0.188. The number of nitrogens with one attached hydrogen (secondary N) is 1. The highest BCUT2D eigenvalue weighted by atomic mass is 16.2. The van der Waals surface area contributed by atoms with Gasteiger partial charge in [-0.05, 0) is 37.3 Å². The van der Waals surface area contributed by atoms with Gasteiger partial charge in [0.15, 0.2) is 0 Å². The Bertz CT molecular complexity index is 749. The fourth-order valence-corrected chi connectivity index (χ4v) is 4.19. The molecule has 1 aliphatic carbocycles. The van der Waals surface area contributed by atoms with Crippen molar-refractivity contribution in [1.82, 2.24) is 10.2 Å². The Morgan fingerprint density at radius 1 is 1.10 bits per heavy atom. The molecule has 2 aliphatic rings. The monoisotopic (exact) mass is 397 g/mol. The molecular formula is C23H31N3O3. The number of carbonyl (C=O) groups is 3. The molecule has 0 radical (unpaired) electrons. The van der Waals surface area contributed by atoms with E-state index in [1.54, 1.807) is 0 Å². The van der Waals surface area contributed by atoms with Crippen LogP contribution in [0, 0.1) is 17.8 Å². The zero-order chi connectivity index (χ0) is 21.0. The third-order valence-electron chi connectivity index (χ3n) is 5.79. The molecule has 156 valence electrons. The Morgan fingerprint density at radius 2 is 1.69 bits per heavy atom. The molecule has 3 atom stereocenters. The van der Waals surface area contributed by atoms with Gasteiger partial charge in [-0.15, -0.1) is 0 Å². The molecule has 1 saturated heterocycles. The van der Waals surface area contributed by atoms with Gasteiger partial charge in [-0.1, -0.05) is 44.2 Å².